The second kappa shape index (κ2) is 8.60. The normalized spacial score (nSPS) is 20.1. The molecular weight excluding hydrogens is 372 g/mol. The number of likely N-dealkylation sites (tertiary alicyclic amines) is 1. The Bertz CT molecular complexity index is 911. The van der Waals surface area contributed by atoms with E-state index in [1.165, 1.54) is 0 Å². The van der Waals surface area contributed by atoms with Gasteiger partial charge in [-0.05, 0) is 18.9 Å². The summed E-state index contributed by atoms with van der Waals surface area (Å²) >= 11 is 0. The summed E-state index contributed by atoms with van der Waals surface area (Å²) in [6, 6.07) is 7.52. The number of fused-ring (bicyclic) bond motifs is 1. The van der Waals surface area contributed by atoms with E-state index in [9.17, 15) is 14.4 Å². The molecule has 154 valence electrons. The zero-order chi connectivity index (χ0) is 20.2. The molecule has 0 bridgehead atoms. The number of aromatic amines is 1. The van der Waals surface area contributed by atoms with Crippen LogP contribution < -0.4 is 10.6 Å². The largest absolute Gasteiger partial charge is 0.350 e. The number of aromatic nitrogens is 2. The van der Waals surface area contributed by atoms with Gasteiger partial charge in [0.25, 0.3) is 5.91 Å². The van der Waals surface area contributed by atoms with Crippen LogP contribution in [0.25, 0.3) is 10.9 Å². The van der Waals surface area contributed by atoms with Gasteiger partial charge in [-0.1, -0.05) is 18.2 Å². The molecular formula is C20H26N6O3. The van der Waals surface area contributed by atoms with Gasteiger partial charge < -0.3 is 20.4 Å². The highest BCUT2D eigenvalue weighted by Crippen LogP contribution is 2.18. The Morgan fingerprint density at radius 2 is 2.10 bits per heavy atom. The van der Waals surface area contributed by atoms with Gasteiger partial charge in [0.1, 0.15) is 0 Å². The maximum Gasteiger partial charge on any atom is 0.272 e. The van der Waals surface area contributed by atoms with E-state index in [0.29, 0.717) is 31.9 Å². The number of hydrogen-bond donors (Lipinski definition) is 3. The Balaban J connectivity index is 1.28. The number of amides is 3. The molecule has 0 spiro atoms. The van der Waals surface area contributed by atoms with E-state index in [0.717, 1.165) is 30.3 Å². The second-order valence-electron chi connectivity index (χ2n) is 7.52. The van der Waals surface area contributed by atoms with Crippen molar-refractivity contribution in [1.29, 1.82) is 0 Å². The molecule has 9 heteroatoms. The zero-order valence-electron chi connectivity index (χ0n) is 16.3. The van der Waals surface area contributed by atoms with Gasteiger partial charge in [-0.2, -0.15) is 5.10 Å². The van der Waals surface area contributed by atoms with Crippen LogP contribution in [0.5, 0.6) is 0 Å². The maximum atomic E-state index is 12.6. The van der Waals surface area contributed by atoms with Gasteiger partial charge >= 0.3 is 0 Å². The van der Waals surface area contributed by atoms with Crippen molar-refractivity contribution < 1.29 is 14.4 Å². The van der Waals surface area contributed by atoms with Crippen LogP contribution in [0, 0.1) is 0 Å². The summed E-state index contributed by atoms with van der Waals surface area (Å²) in [5, 5.41) is 13.5. The van der Waals surface area contributed by atoms with Crippen molar-refractivity contribution in [2.45, 2.75) is 25.3 Å². The monoisotopic (exact) mass is 398 g/mol. The van der Waals surface area contributed by atoms with Crippen LogP contribution >= 0.6 is 0 Å². The fourth-order valence-corrected chi connectivity index (χ4v) is 4.10. The van der Waals surface area contributed by atoms with Gasteiger partial charge in [-0.3, -0.25) is 19.5 Å². The van der Waals surface area contributed by atoms with Gasteiger partial charge in [-0.15, -0.1) is 0 Å². The fourth-order valence-electron chi connectivity index (χ4n) is 4.10. The number of hydrogen-bond acceptors (Lipinski definition) is 5. The van der Waals surface area contributed by atoms with Gasteiger partial charge in [0, 0.05) is 50.6 Å². The Morgan fingerprint density at radius 3 is 2.97 bits per heavy atom. The topological polar surface area (TPSA) is 110 Å². The van der Waals surface area contributed by atoms with E-state index in [2.05, 4.69) is 20.8 Å². The number of nitrogens with zero attached hydrogens (tertiary/aromatic N) is 3. The highest BCUT2D eigenvalue weighted by molar-refractivity contribution is 6.04. The van der Waals surface area contributed by atoms with Crippen molar-refractivity contribution in [2.75, 3.05) is 39.3 Å². The predicted molar refractivity (Wildman–Crippen MR) is 107 cm³/mol. The van der Waals surface area contributed by atoms with Crippen LogP contribution in [0.1, 0.15) is 29.8 Å². The third-order valence-electron chi connectivity index (χ3n) is 5.63. The Hall–Kier alpha value is -2.94. The summed E-state index contributed by atoms with van der Waals surface area (Å²) in [5.41, 5.74) is 1.14. The minimum Gasteiger partial charge on any atom is -0.350 e. The molecule has 9 nitrogen and oxygen atoms in total. The molecule has 3 amide bonds. The van der Waals surface area contributed by atoms with E-state index in [1.807, 2.05) is 34.1 Å². The molecule has 2 aromatic rings. The lowest BCUT2D eigenvalue weighted by atomic mass is 10.0. The smallest absolute Gasteiger partial charge is 0.272 e. The van der Waals surface area contributed by atoms with Gasteiger partial charge in [0.15, 0.2) is 5.69 Å². The molecule has 3 heterocycles. The molecule has 29 heavy (non-hydrogen) atoms. The van der Waals surface area contributed by atoms with Gasteiger partial charge in [-0.25, -0.2) is 0 Å². The van der Waals surface area contributed by atoms with Gasteiger partial charge in [0.05, 0.1) is 12.1 Å². The van der Waals surface area contributed by atoms with Crippen molar-refractivity contribution in [3.8, 4) is 0 Å². The summed E-state index contributed by atoms with van der Waals surface area (Å²) in [6.45, 7) is 3.39. The van der Waals surface area contributed by atoms with Crippen LogP contribution in [0.4, 0.5) is 0 Å². The summed E-state index contributed by atoms with van der Waals surface area (Å²) in [4.78, 5) is 40.9. The zero-order valence-corrected chi connectivity index (χ0v) is 16.3. The van der Waals surface area contributed by atoms with E-state index >= 15 is 0 Å². The second-order valence-corrected chi connectivity index (χ2v) is 7.52. The summed E-state index contributed by atoms with van der Waals surface area (Å²) in [6.07, 6.45) is 2.05. The highest BCUT2D eigenvalue weighted by atomic mass is 16.2. The number of benzene rings is 1. The molecule has 0 radical (unpaired) electrons. The van der Waals surface area contributed by atoms with Crippen molar-refractivity contribution in [1.82, 2.24) is 30.6 Å². The molecule has 0 aliphatic carbocycles. The number of para-hydroxylation sites is 1. The molecule has 2 fully saturated rings. The third-order valence-corrected chi connectivity index (χ3v) is 5.63. The lowest BCUT2D eigenvalue weighted by Gasteiger charge is -2.41. The number of carbonyl (C=O) groups excluding carboxylic acids is 3. The predicted octanol–water partition coefficient (Wildman–Crippen LogP) is 0.106. The Labute approximate surface area is 168 Å². The van der Waals surface area contributed by atoms with E-state index < -0.39 is 0 Å². The Morgan fingerprint density at radius 1 is 1.24 bits per heavy atom. The lowest BCUT2D eigenvalue weighted by molar-refractivity contribution is -0.140. The summed E-state index contributed by atoms with van der Waals surface area (Å²) in [7, 11) is 0. The van der Waals surface area contributed by atoms with Crippen molar-refractivity contribution in [3.63, 3.8) is 0 Å². The molecule has 2 saturated heterocycles. The Kier molecular flexibility index (Phi) is 5.75. The fraction of sp³-hybridized carbons (Fsp3) is 0.500. The molecule has 3 N–H and O–H groups in total. The minimum atomic E-state index is -0.293. The number of H-pyrrole nitrogens is 1. The first-order valence-corrected chi connectivity index (χ1v) is 10.1. The summed E-state index contributed by atoms with van der Waals surface area (Å²) < 4.78 is 0. The number of carbonyl (C=O) groups is 3. The number of rotatable bonds is 5. The summed E-state index contributed by atoms with van der Waals surface area (Å²) in [5.74, 6) is -0.184. The van der Waals surface area contributed by atoms with Gasteiger partial charge in [0.2, 0.25) is 11.8 Å². The molecule has 1 unspecified atom stereocenters. The number of piperidine rings is 1. The van der Waals surface area contributed by atoms with E-state index in [4.69, 9.17) is 0 Å². The molecule has 1 aromatic heterocycles. The van der Waals surface area contributed by atoms with E-state index in [-0.39, 0.29) is 36.7 Å². The molecule has 2 aliphatic rings. The molecule has 1 atom stereocenters. The first-order chi connectivity index (χ1) is 14.1. The first kappa shape index (κ1) is 19.4. The average Bonchev–Trinajstić information content (AvgIpc) is 3.18. The quantitative estimate of drug-likeness (QED) is 0.662. The van der Waals surface area contributed by atoms with Crippen molar-refractivity contribution in [3.05, 3.63) is 30.0 Å². The molecule has 2 aliphatic heterocycles. The minimum absolute atomic E-state index is 0.00414. The molecule has 0 saturated carbocycles. The third kappa shape index (κ3) is 4.24. The van der Waals surface area contributed by atoms with Crippen LogP contribution in [-0.2, 0) is 9.59 Å². The average molecular weight is 398 g/mol. The SMILES string of the molecule is O=C(NCCC(=O)N1CCCC(N2CCNCC2=O)C1)c1n[nH]c2ccccc12. The first-order valence-electron chi connectivity index (χ1n) is 10.1. The van der Waals surface area contributed by atoms with Crippen LogP contribution in [0.3, 0.4) is 0 Å². The number of piperazine rings is 1. The molecule has 4 rings (SSSR count). The van der Waals surface area contributed by atoms with Crippen LogP contribution in [-0.4, -0.2) is 83.0 Å². The number of nitrogens with one attached hydrogen (secondary N) is 3. The van der Waals surface area contributed by atoms with Crippen molar-refractivity contribution >= 4 is 28.6 Å². The van der Waals surface area contributed by atoms with Crippen molar-refractivity contribution in [2.24, 2.45) is 0 Å². The maximum absolute atomic E-state index is 12.6. The van der Waals surface area contributed by atoms with E-state index in [1.54, 1.807) is 0 Å². The van der Waals surface area contributed by atoms with Crippen LogP contribution in [0.2, 0.25) is 0 Å². The molecule has 1 aromatic carbocycles. The highest BCUT2D eigenvalue weighted by Gasteiger charge is 2.31. The van der Waals surface area contributed by atoms with Crippen LogP contribution in [0.15, 0.2) is 24.3 Å². The lowest BCUT2D eigenvalue weighted by Crippen LogP contribution is -2.57. The standard InChI is InChI=1S/C20H26N6O3/c27-17(25-10-3-4-14(13-25)26-11-9-21-12-18(26)28)7-8-22-20(29)19-15-5-1-2-6-16(15)23-24-19/h1-2,5-6,14,21H,3-4,7-13H2,(H,22,29)(H,23,24).